The Morgan fingerprint density at radius 1 is 1.46 bits per heavy atom. The molecule has 1 rings (SSSR count). The van der Waals surface area contributed by atoms with Crippen molar-refractivity contribution in [1.82, 2.24) is 4.57 Å². The maximum absolute atomic E-state index is 9.91. The molecule has 3 nitrogen and oxygen atoms in total. The van der Waals surface area contributed by atoms with Crippen LogP contribution in [0.15, 0.2) is 18.7 Å². The lowest BCUT2D eigenvalue weighted by Crippen LogP contribution is -2.23. The minimum absolute atomic E-state index is 1.06. The molecule has 0 aliphatic heterocycles. The van der Waals surface area contributed by atoms with Crippen molar-refractivity contribution in [3.05, 3.63) is 18.7 Å². The quantitative estimate of drug-likeness (QED) is 0.521. The van der Waals surface area contributed by atoms with Gasteiger partial charge in [0.15, 0.2) is 0 Å². The van der Waals surface area contributed by atoms with E-state index in [1.165, 1.54) is 0 Å². The molecule has 0 aromatic carbocycles. The Labute approximate surface area is 74.5 Å². The molecule has 0 atom stereocenters. The van der Waals surface area contributed by atoms with Crippen LogP contribution >= 0.6 is 8.07 Å². The van der Waals surface area contributed by atoms with Crippen LogP contribution in [0.2, 0.25) is 0 Å². The van der Waals surface area contributed by atoms with Gasteiger partial charge in [-0.15, -0.1) is 12.6 Å². The normalized spacial score (nSPS) is 10.5. The maximum Gasteiger partial charge on any atom is 0.591 e. The van der Waals surface area contributed by atoms with Gasteiger partial charge in [0, 0.05) is 0 Å². The highest BCUT2D eigenvalue weighted by Gasteiger charge is 2.13. The Morgan fingerprint density at radius 3 is 2.08 bits per heavy atom. The minimum Gasteiger partial charge on any atom is -0.240 e. The fraction of sp³-hybridized carbons (Fsp3) is 0.500. The van der Waals surface area contributed by atoms with Crippen LogP contribution in [0.25, 0.3) is 0 Å². The second-order valence-electron chi connectivity index (χ2n) is 2.31. The molecule has 1 aromatic heterocycles. The van der Waals surface area contributed by atoms with Gasteiger partial charge in [0.2, 0.25) is 6.33 Å². The van der Waals surface area contributed by atoms with E-state index >= 15 is 0 Å². The van der Waals surface area contributed by atoms with Gasteiger partial charge in [0.25, 0.3) is 0 Å². The van der Waals surface area contributed by atoms with E-state index in [0.29, 0.717) is 0 Å². The summed E-state index contributed by atoms with van der Waals surface area (Å²) >= 11 is 0. The number of imidazole rings is 1. The lowest BCUT2D eigenvalue weighted by molar-refractivity contribution is -0.671. The van der Waals surface area contributed by atoms with Crippen LogP contribution in [0.3, 0.4) is 0 Å². The van der Waals surface area contributed by atoms with Crippen LogP contribution in [-0.2, 0) is 18.2 Å². The van der Waals surface area contributed by atoms with Gasteiger partial charge >= 0.3 is 8.07 Å². The van der Waals surface area contributed by atoms with Gasteiger partial charge in [-0.25, -0.2) is 13.7 Å². The number of halogens is 3. The van der Waals surface area contributed by atoms with Gasteiger partial charge in [0.05, 0.1) is 13.6 Å². The fourth-order valence-corrected chi connectivity index (χ4v) is 0.689. The van der Waals surface area contributed by atoms with E-state index in [1.54, 1.807) is 0 Å². The molecule has 0 aliphatic carbocycles. The van der Waals surface area contributed by atoms with Crippen molar-refractivity contribution in [2.75, 3.05) is 0 Å². The molecule has 0 unspecified atom stereocenters. The van der Waals surface area contributed by atoms with Crippen molar-refractivity contribution in [1.29, 1.82) is 0 Å². The zero-order valence-corrected chi connectivity index (χ0v) is 8.22. The summed E-state index contributed by atoms with van der Waals surface area (Å²) in [6, 6.07) is 0. The number of aryl methyl sites for hydroxylation is 2. The largest absolute Gasteiger partial charge is 0.591 e. The summed E-state index contributed by atoms with van der Waals surface area (Å²) in [5.41, 5.74) is 0. The van der Waals surface area contributed by atoms with Crippen LogP contribution in [0.1, 0.15) is 6.92 Å². The van der Waals surface area contributed by atoms with Gasteiger partial charge in [-0.05, 0) is 6.92 Å². The summed E-state index contributed by atoms with van der Waals surface area (Å²) in [6.45, 7) is 3.18. The highest BCUT2D eigenvalue weighted by Crippen LogP contribution is 2.50. The van der Waals surface area contributed by atoms with E-state index in [4.69, 9.17) is 4.57 Å². The molecule has 1 aromatic rings. The molecule has 0 amide bonds. The highest BCUT2D eigenvalue weighted by atomic mass is 31.3. The molecule has 0 bridgehead atoms. The molecule has 13 heavy (non-hydrogen) atoms. The number of rotatable bonds is 1. The average molecular weight is 215 g/mol. The first-order chi connectivity index (χ1) is 5.83. The fourth-order valence-electron chi connectivity index (χ4n) is 0.689. The van der Waals surface area contributed by atoms with Gasteiger partial charge in [-0.2, -0.15) is 0 Å². The molecule has 0 saturated carbocycles. The summed E-state index contributed by atoms with van der Waals surface area (Å²) in [5.74, 6) is 0. The van der Waals surface area contributed by atoms with Crippen molar-refractivity contribution in [2.45, 2.75) is 13.5 Å². The molecule has 7 heteroatoms. The van der Waals surface area contributed by atoms with Gasteiger partial charge in [-0.1, -0.05) is 0 Å². The summed E-state index contributed by atoms with van der Waals surface area (Å²) in [4.78, 5) is 0. The number of nitrogens with zero attached hydrogens (tertiary/aromatic N) is 2. The molecular formula is C6H11F3N2OP+. The smallest absolute Gasteiger partial charge is 0.240 e. The first-order valence-electron chi connectivity index (χ1n) is 3.53. The van der Waals surface area contributed by atoms with Gasteiger partial charge in [-0.3, -0.25) is 0 Å². The lowest BCUT2D eigenvalue weighted by Gasteiger charge is -1.81. The van der Waals surface area contributed by atoms with E-state index in [-0.39, 0.29) is 0 Å². The first kappa shape index (κ1) is 12.2. The zero-order chi connectivity index (χ0) is 10.5. The van der Waals surface area contributed by atoms with Crippen LogP contribution in [0.4, 0.5) is 12.6 Å². The number of hydrogen-bond donors (Lipinski definition) is 0. The minimum atomic E-state index is -6.14. The Hall–Kier alpha value is -0.770. The van der Waals surface area contributed by atoms with E-state index in [1.807, 2.05) is 17.8 Å². The molecule has 0 spiro atoms. The topological polar surface area (TPSA) is 25.9 Å². The van der Waals surface area contributed by atoms with Crippen molar-refractivity contribution >= 4 is 8.07 Å². The third kappa shape index (κ3) is 9.14. The number of aromatic nitrogens is 2. The Kier molecular flexibility index (Phi) is 4.77. The molecule has 0 saturated heterocycles. The van der Waals surface area contributed by atoms with E-state index < -0.39 is 8.07 Å². The van der Waals surface area contributed by atoms with Crippen molar-refractivity contribution in [3.63, 3.8) is 0 Å². The third-order valence-corrected chi connectivity index (χ3v) is 1.19. The second-order valence-corrected chi connectivity index (χ2v) is 3.11. The third-order valence-electron chi connectivity index (χ3n) is 1.19. The second kappa shape index (κ2) is 5.07. The highest BCUT2D eigenvalue weighted by molar-refractivity contribution is 7.47. The van der Waals surface area contributed by atoms with Crippen LogP contribution in [-0.4, -0.2) is 4.57 Å². The predicted octanol–water partition coefficient (Wildman–Crippen LogP) is 2.34. The Bertz CT molecular complexity index is 288. The molecule has 0 aliphatic rings. The number of hydrogen-bond acceptors (Lipinski definition) is 1. The molecule has 1 heterocycles. The summed E-state index contributed by atoms with van der Waals surface area (Å²) in [6.07, 6.45) is 6.14. The lowest BCUT2D eigenvalue weighted by atomic mass is 10.7. The molecule has 76 valence electrons. The standard InChI is InChI=1S/C6H11N2.F3OP/c1-3-8-5-4-7(2)6-8;1-5(2,3)4/h4-6H,3H2,1-2H3;/q+1;. The van der Waals surface area contributed by atoms with Crippen molar-refractivity contribution in [3.8, 4) is 0 Å². The Morgan fingerprint density at radius 2 is 1.92 bits per heavy atom. The van der Waals surface area contributed by atoms with Crippen molar-refractivity contribution in [2.24, 2.45) is 7.05 Å². The molecule has 0 N–H and O–H groups in total. The van der Waals surface area contributed by atoms with Crippen molar-refractivity contribution < 1.29 is 21.7 Å². The summed E-state index contributed by atoms with van der Waals surface area (Å²) in [7, 11) is -4.12. The van der Waals surface area contributed by atoms with E-state index in [2.05, 4.69) is 24.0 Å². The monoisotopic (exact) mass is 215 g/mol. The van der Waals surface area contributed by atoms with Crippen LogP contribution < -0.4 is 4.57 Å². The average Bonchev–Trinajstić information content (AvgIpc) is 2.31. The van der Waals surface area contributed by atoms with Gasteiger partial charge < -0.3 is 0 Å². The van der Waals surface area contributed by atoms with Gasteiger partial charge in [0.1, 0.15) is 12.4 Å². The molecule has 0 fully saturated rings. The predicted molar refractivity (Wildman–Crippen MR) is 42.2 cm³/mol. The molecule has 0 radical (unpaired) electrons. The summed E-state index contributed by atoms with van der Waals surface area (Å²) < 4.78 is 42.1. The van der Waals surface area contributed by atoms with Crippen LogP contribution in [0.5, 0.6) is 0 Å². The SMILES string of the molecule is CCn1cc[n+](C)c1.O=P(F)(F)F. The zero-order valence-electron chi connectivity index (χ0n) is 7.32. The van der Waals surface area contributed by atoms with Crippen LogP contribution in [0, 0.1) is 0 Å². The summed E-state index contributed by atoms with van der Waals surface area (Å²) in [5, 5.41) is 0. The maximum atomic E-state index is 9.91. The molecular weight excluding hydrogens is 204 g/mol. The Balaban J connectivity index is 0.000000252. The first-order valence-corrected chi connectivity index (χ1v) is 4.91. The van der Waals surface area contributed by atoms with E-state index in [0.717, 1.165) is 6.54 Å². The van der Waals surface area contributed by atoms with E-state index in [9.17, 15) is 12.6 Å².